The van der Waals surface area contributed by atoms with E-state index in [1.807, 2.05) is 12.1 Å². The molecule has 6 nitrogen and oxygen atoms in total. The fraction of sp³-hybridized carbons (Fsp3) is 0.682. The lowest BCUT2D eigenvalue weighted by atomic mass is 10.1. The van der Waals surface area contributed by atoms with Crippen molar-refractivity contribution in [2.24, 2.45) is 10.9 Å². The molecule has 0 bridgehead atoms. The lowest BCUT2D eigenvalue weighted by molar-refractivity contribution is 0.0893. The molecule has 0 aliphatic carbocycles. The van der Waals surface area contributed by atoms with Crippen LogP contribution < -0.4 is 15.4 Å². The van der Waals surface area contributed by atoms with Crippen LogP contribution in [-0.2, 0) is 15.9 Å². The quantitative estimate of drug-likeness (QED) is 0.307. The van der Waals surface area contributed by atoms with Crippen LogP contribution in [-0.4, -0.2) is 59.1 Å². The van der Waals surface area contributed by atoms with Crippen LogP contribution in [0.4, 0.5) is 0 Å². The topological polar surface area (TPSA) is 64.1 Å². The Balaban J connectivity index is 1.53. The fourth-order valence-electron chi connectivity index (χ4n) is 3.12. The summed E-state index contributed by atoms with van der Waals surface area (Å²) in [4.78, 5) is 4.63. The SMILES string of the molecule is CCNC(=NCCCOCC1CCOC1)NCCCCc1ccc(OC)cc1. The average molecular weight is 392 g/mol. The Labute approximate surface area is 170 Å². The second-order valence-corrected chi connectivity index (χ2v) is 7.15. The first kappa shape index (κ1) is 22.5. The number of methoxy groups -OCH3 is 1. The van der Waals surface area contributed by atoms with E-state index in [1.54, 1.807) is 7.11 Å². The number of guanidine groups is 1. The van der Waals surface area contributed by atoms with Gasteiger partial charge in [-0.25, -0.2) is 0 Å². The summed E-state index contributed by atoms with van der Waals surface area (Å²) in [5, 5.41) is 6.73. The van der Waals surface area contributed by atoms with Gasteiger partial charge in [0.05, 0.1) is 20.3 Å². The molecular weight excluding hydrogens is 354 g/mol. The summed E-state index contributed by atoms with van der Waals surface area (Å²) in [6.45, 7) is 7.99. The second-order valence-electron chi connectivity index (χ2n) is 7.15. The van der Waals surface area contributed by atoms with Gasteiger partial charge in [0.2, 0.25) is 0 Å². The number of unbranched alkanes of at least 4 members (excludes halogenated alkanes) is 1. The zero-order chi connectivity index (χ0) is 19.9. The minimum Gasteiger partial charge on any atom is -0.497 e. The zero-order valence-electron chi connectivity index (χ0n) is 17.5. The number of benzene rings is 1. The molecule has 1 atom stereocenters. The van der Waals surface area contributed by atoms with Crippen LogP contribution >= 0.6 is 0 Å². The fourth-order valence-corrected chi connectivity index (χ4v) is 3.12. The molecule has 0 radical (unpaired) electrons. The molecule has 0 spiro atoms. The highest BCUT2D eigenvalue weighted by Gasteiger charge is 2.15. The standard InChI is InChI=1S/C22H37N3O3/c1-3-23-22(25-14-6-15-27-17-20-12-16-28-18-20)24-13-5-4-7-19-8-10-21(26-2)11-9-19/h8-11,20H,3-7,12-18H2,1-2H3,(H2,23,24,25). The third kappa shape index (κ3) is 9.42. The Bertz CT molecular complexity index is 542. The lowest BCUT2D eigenvalue weighted by Crippen LogP contribution is -2.38. The van der Waals surface area contributed by atoms with Crippen LogP contribution in [0.2, 0.25) is 0 Å². The molecular formula is C22H37N3O3. The van der Waals surface area contributed by atoms with Crippen LogP contribution in [0.3, 0.4) is 0 Å². The molecule has 1 saturated heterocycles. The van der Waals surface area contributed by atoms with Crippen molar-refractivity contribution in [1.29, 1.82) is 0 Å². The summed E-state index contributed by atoms with van der Waals surface area (Å²) in [6.07, 6.45) is 5.43. The van der Waals surface area contributed by atoms with Crippen LogP contribution in [0, 0.1) is 5.92 Å². The number of aliphatic imine (C=N–C) groups is 1. The molecule has 1 aromatic rings. The number of hydrogen-bond acceptors (Lipinski definition) is 4. The summed E-state index contributed by atoms with van der Waals surface area (Å²) in [5.41, 5.74) is 1.35. The Hall–Kier alpha value is -1.79. The second kappa shape index (κ2) is 14.2. The largest absolute Gasteiger partial charge is 0.497 e. The van der Waals surface area contributed by atoms with Crippen molar-refractivity contribution in [3.8, 4) is 5.75 Å². The van der Waals surface area contributed by atoms with E-state index in [1.165, 1.54) is 5.56 Å². The number of rotatable bonds is 13. The average Bonchev–Trinajstić information content (AvgIpc) is 3.24. The molecule has 1 aromatic carbocycles. The van der Waals surface area contributed by atoms with Crippen molar-refractivity contribution in [3.63, 3.8) is 0 Å². The molecule has 1 fully saturated rings. The van der Waals surface area contributed by atoms with Gasteiger partial charge < -0.3 is 24.8 Å². The van der Waals surface area contributed by atoms with Crippen molar-refractivity contribution in [1.82, 2.24) is 10.6 Å². The van der Waals surface area contributed by atoms with Crippen molar-refractivity contribution >= 4 is 5.96 Å². The molecule has 1 aliphatic heterocycles. The van der Waals surface area contributed by atoms with E-state index in [2.05, 4.69) is 34.7 Å². The van der Waals surface area contributed by atoms with Crippen molar-refractivity contribution in [2.45, 2.75) is 39.0 Å². The van der Waals surface area contributed by atoms with Gasteiger partial charge in [-0.3, -0.25) is 4.99 Å². The first-order valence-corrected chi connectivity index (χ1v) is 10.6. The molecule has 0 saturated carbocycles. The van der Waals surface area contributed by atoms with Crippen LogP contribution in [0.15, 0.2) is 29.3 Å². The first-order valence-electron chi connectivity index (χ1n) is 10.6. The number of nitrogens with zero attached hydrogens (tertiary/aromatic N) is 1. The van der Waals surface area contributed by atoms with Crippen molar-refractivity contribution in [3.05, 3.63) is 29.8 Å². The number of ether oxygens (including phenoxy) is 3. The minimum atomic E-state index is 0.584. The van der Waals surface area contributed by atoms with E-state index < -0.39 is 0 Å². The maximum atomic E-state index is 5.73. The predicted molar refractivity (Wildman–Crippen MR) is 114 cm³/mol. The van der Waals surface area contributed by atoms with Gasteiger partial charge in [-0.1, -0.05) is 12.1 Å². The molecule has 1 unspecified atom stereocenters. The first-order chi connectivity index (χ1) is 13.8. The number of hydrogen-bond donors (Lipinski definition) is 2. The molecule has 1 heterocycles. The van der Waals surface area contributed by atoms with Crippen LogP contribution in [0.1, 0.15) is 38.2 Å². The highest BCUT2D eigenvalue weighted by atomic mass is 16.5. The highest BCUT2D eigenvalue weighted by Crippen LogP contribution is 2.13. The summed E-state index contributed by atoms with van der Waals surface area (Å²) in [6, 6.07) is 8.32. The molecule has 28 heavy (non-hydrogen) atoms. The van der Waals surface area contributed by atoms with Crippen LogP contribution in [0.25, 0.3) is 0 Å². The Kier molecular flexibility index (Phi) is 11.4. The van der Waals surface area contributed by atoms with Gasteiger partial charge in [-0.05, 0) is 56.7 Å². The summed E-state index contributed by atoms with van der Waals surface area (Å²) in [7, 11) is 1.70. The summed E-state index contributed by atoms with van der Waals surface area (Å²) >= 11 is 0. The van der Waals surface area contributed by atoms with Gasteiger partial charge in [-0.2, -0.15) is 0 Å². The maximum Gasteiger partial charge on any atom is 0.191 e. The van der Waals surface area contributed by atoms with E-state index in [-0.39, 0.29) is 0 Å². The Morgan fingerprint density at radius 1 is 1.18 bits per heavy atom. The zero-order valence-corrected chi connectivity index (χ0v) is 17.5. The number of aryl methyl sites for hydroxylation is 1. The third-order valence-corrected chi connectivity index (χ3v) is 4.78. The maximum absolute atomic E-state index is 5.73. The normalized spacial score (nSPS) is 16.9. The molecule has 2 N–H and O–H groups in total. The Morgan fingerprint density at radius 2 is 2.04 bits per heavy atom. The van der Waals surface area contributed by atoms with E-state index in [0.717, 1.165) is 89.9 Å². The molecule has 0 aromatic heterocycles. The molecule has 0 amide bonds. The van der Waals surface area contributed by atoms with Gasteiger partial charge in [-0.15, -0.1) is 0 Å². The van der Waals surface area contributed by atoms with Gasteiger partial charge in [0.1, 0.15) is 5.75 Å². The molecule has 6 heteroatoms. The highest BCUT2D eigenvalue weighted by molar-refractivity contribution is 5.79. The van der Waals surface area contributed by atoms with E-state index in [9.17, 15) is 0 Å². The van der Waals surface area contributed by atoms with E-state index in [0.29, 0.717) is 5.92 Å². The van der Waals surface area contributed by atoms with E-state index >= 15 is 0 Å². The van der Waals surface area contributed by atoms with Crippen molar-refractivity contribution in [2.75, 3.05) is 53.2 Å². The predicted octanol–water partition coefficient (Wildman–Crippen LogP) is 3.02. The molecule has 1 aliphatic rings. The van der Waals surface area contributed by atoms with Crippen molar-refractivity contribution < 1.29 is 14.2 Å². The lowest BCUT2D eigenvalue weighted by Gasteiger charge is -2.12. The molecule has 2 rings (SSSR count). The minimum absolute atomic E-state index is 0.584. The van der Waals surface area contributed by atoms with Gasteiger partial charge in [0, 0.05) is 38.8 Å². The van der Waals surface area contributed by atoms with Gasteiger partial charge >= 0.3 is 0 Å². The third-order valence-electron chi connectivity index (χ3n) is 4.78. The monoisotopic (exact) mass is 391 g/mol. The summed E-state index contributed by atoms with van der Waals surface area (Å²) < 4.78 is 16.3. The molecule has 158 valence electrons. The van der Waals surface area contributed by atoms with Gasteiger partial charge in [0.25, 0.3) is 0 Å². The number of nitrogens with one attached hydrogen (secondary N) is 2. The summed E-state index contributed by atoms with van der Waals surface area (Å²) in [5.74, 6) is 2.39. The van der Waals surface area contributed by atoms with Crippen LogP contribution in [0.5, 0.6) is 5.75 Å². The van der Waals surface area contributed by atoms with Gasteiger partial charge in [0.15, 0.2) is 5.96 Å². The smallest absolute Gasteiger partial charge is 0.191 e. The Morgan fingerprint density at radius 3 is 2.75 bits per heavy atom. The van der Waals surface area contributed by atoms with E-state index in [4.69, 9.17) is 14.2 Å².